The molecule has 0 unspecified atom stereocenters. The molecule has 3 nitrogen and oxygen atoms in total. The minimum Gasteiger partial charge on any atom is -0.382 e. The standard InChI is InChI=1S/C8H12BrNO2S/c1-11-2-3-12-10-5-7-4-8(9)13-6-7/h4,6,10H,2-3,5H2,1H3. The van der Waals surface area contributed by atoms with Gasteiger partial charge in [0.1, 0.15) is 0 Å². The summed E-state index contributed by atoms with van der Waals surface area (Å²) in [4.78, 5) is 5.10. The third-order valence-corrected chi connectivity index (χ3v) is 2.94. The summed E-state index contributed by atoms with van der Waals surface area (Å²) in [7, 11) is 1.65. The van der Waals surface area contributed by atoms with Gasteiger partial charge in [-0.05, 0) is 32.9 Å². The Morgan fingerprint density at radius 3 is 3.00 bits per heavy atom. The third kappa shape index (κ3) is 4.73. The first kappa shape index (κ1) is 11.1. The second kappa shape index (κ2) is 6.50. The van der Waals surface area contributed by atoms with Gasteiger partial charge in [0.15, 0.2) is 0 Å². The zero-order chi connectivity index (χ0) is 9.52. The lowest BCUT2D eigenvalue weighted by Crippen LogP contribution is -2.16. The van der Waals surface area contributed by atoms with Gasteiger partial charge in [0.2, 0.25) is 0 Å². The van der Waals surface area contributed by atoms with Crippen molar-refractivity contribution in [1.29, 1.82) is 0 Å². The van der Waals surface area contributed by atoms with Crippen LogP contribution in [0.1, 0.15) is 5.56 Å². The van der Waals surface area contributed by atoms with Crippen molar-refractivity contribution in [2.24, 2.45) is 0 Å². The fraction of sp³-hybridized carbons (Fsp3) is 0.500. The summed E-state index contributed by atoms with van der Waals surface area (Å²) in [5, 5.41) is 2.08. The van der Waals surface area contributed by atoms with Gasteiger partial charge >= 0.3 is 0 Å². The highest BCUT2D eigenvalue weighted by Gasteiger charge is 1.95. The second-order valence-electron chi connectivity index (χ2n) is 2.42. The van der Waals surface area contributed by atoms with Crippen molar-refractivity contribution in [1.82, 2.24) is 5.48 Å². The Hall–Kier alpha value is 0.0600. The summed E-state index contributed by atoms with van der Waals surface area (Å²) in [6.07, 6.45) is 0. The molecule has 0 fully saturated rings. The molecule has 1 rings (SSSR count). The highest BCUT2D eigenvalue weighted by Crippen LogP contribution is 2.20. The number of hydroxylamine groups is 1. The summed E-state index contributed by atoms with van der Waals surface area (Å²) in [5.74, 6) is 0. The summed E-state index contributed by atoms with van der Waals surface area (Å²) in [6.45, 7) is 1.91. The average Bonchev–Trinajstić information content (AvgIpc) is 2.51. The van der Waals surface area contributed by atoms with Crippen LogP contribution in [0.2, 0.25) is 0 Å². The van der Waals surface area contributed by atoms with Crippen LogP contribution < -0.4 is 5.48 Å². The van der Waals surface area contributed by atoms with Crippen molar-refractivity contribution in [3.8, 4) is 0 Å². The summed E-state index contributed by atoms with van der Waals surface area (Å²) < 4.78 is 5.97. The first-order valence-corrected chi connectivity index (χ1v) is 5.56. The maximum Gasteiger partial charge on any atom is 0.0916 e. The molecular weight excluding hydrogens is 254 g/mol. The fourth-order valence-electron chi connectivity index (χ4n) is 0.770. The largest absolute Gasteiger partial charge is 0.382 e. The molecule has 0 bridgehead atoms. The van der Waals surface area contributed by atoms with Crippen LogP contribution in [-0.4, -0.2) is 20.3 Å². The van der Waals surface area contributed by atoms with Crippen LogP contribution in [0, 0.1) is 0 Å². The first-order valence-electron chi connectivity index (χ1n) is 3.89. The Kier molecular flexibility index (Phi) is 5.57. The van der Waals surface area contributed by atoms with Gasteiger partial charge in [-0.2, -0.15) is 5.48 Å². The van der Waals surface area contributed by atoms with Crippen molar-refractivity contribution < 1.29 is 9.57 Å². The Morgan fingerprint density at radius 1 is 1.54 bits per heavy atom. The van der Waals surface area contributed by atoms with E-state index in [0.717, 1.165) is 10.3 Å². The average molecular weight is 266 g/mol. The van der Waals surface area contributed by atoms with E-state index in [1.54, 1.807) is 18.4 Å². The number of thiophene rings is 1. The highest BCUT2D eigenvalue weighted by molar-refractivity contribution is 9.11. The zero-order valence-corrected chi connectivity index (χ0v) is 9.78. The van der Waals surface area contributed by atoms with E-state index < -0.39 is 0 Å². The van der Waals surface area contributed by atoms with E-state index in [1.807, 2.05) is 0 Å². The van der Waals surface area contributed by atoms with Crippen LogP contribution in [0.5, 0.6) is 0 Å². The number of nitrogens with one attached hydrogen (secondary N) is 1. The van der Waals surface area contributed by atoms with Crippen molar-refractivity contribution in [3.05, 3.63) is 20.8 Å². The van der Waals surface area contributed by atoms with Crippen LogP contribution in [0.15, 0.2) is 15.2 Å². The molecule has 1 N–H and O–H groups in total. The Bertz CT molecular complexity index is 242. The van der Waals surface area contributed by atoms with Gasteiger partial charge in [-0.1, -0.05) is 0 Å². The number of rotatable bonds is 6. The highest BCUT2D eigenvalue weighted by atomic mass is 79.9. The topological polar surface area (TPSA) is 30.5 Å². The molecule has 1 aromatic rings. The molecule has 0 spiro atoms. The van der Waals surface area contributed by atoms with Crippen LogP contribution in [0.25, 0.3) is 0 Å². The molecule has 0 aromatic carbocycles. The quantitative estimate of drug-likeness (QED) is 0.632. The van der Waals surface area contributed by atoms with Crippen LogP contribution in [0.4, 0.5) is 0 Å². The van der Waals surface area contributed by atoms with Crippen molar-refractivity contribution in [3.63, 3.8) is 0 Å². The van der Waals surface area contributed by atoms with Crippen molar-refractivity contribution in [2.75, 3.05) is 20.3 Å². The maximum atomic E-state index is 5.10. The van der Waals surface area contributed by atoms with Gasteiger partial charge in [0.05, 0.1) is 17.0 Å². The van der Waals surface area contributed by atoms with E-state index in [4.69, 9.17) is 9.57 Å². The lowest BCUT2D eigenvalue weighted by Gasteiger charge is -2.03. The second-order valence-corrected chi connectivity index (χ2v) is 4.71. The summed E-state index contributed by atoms with van der Waals surface area (Å²) >= 11 is 5.07. The van der Waals surface area contributed by atoms with Crippen molar-refractivity contribution >= 4 is 27.3 Å². The van der Waals surface area contributed by atoms with Gasteiger partial charge in [0, 0.05) is 13.7 Å². The molecule has 0 amide bonds. The van der Waals surface area contributed by atoms with Crippen LogP contribution in [0.3, 0.4) is 0 Å². The van der Waals surface area contributed by atoms with E-state index in [-0.39, 0.29) is 0 Å². The molecule has 5 heteroatoms. The third-order valence-electron chi connectivity index (χ3n) is 1.39. The Morgan fingerprint density at radius 2 is 2.38 bits per heavy atom. The number of halogens is 1. The monoisotopic (exact) mass is 265 g/mol. The predicted octanol–water partition coefficient (Wildman–Crippen LogP) is 2.18. The zero-order valence-electron chi connectivity index (χ0n) is 7.38. The van der Waals surface area contributed by atoms with E-state index in [1.165, 1.54) is 5.56 Å². The van der Waals surface area contributed by atoms with Gasteiger partial charge in [0.25, 0.3) is 0 Å². The molecule has 1 heterocycles. The molecule has 0 radical (unpaired) electrons. The van der Waals surface area contributed by atoms with E-state index in [2.05, 4.69) is 32.9 Å². The molecule has 0 aliphatic rings. The molecule has 0 saturated carbocycles. The van der Waals surface area contributed by atoms with Gasteiger partial charge in [-0.25, -0.2) is 0 Å². The molecule has 13 heavy (non-hydrogen) atoms. The number of hydrogen-bond donors (Lipinski definition) is 1. The number of ether oxygens (including phenoxy) is 1. The van der Waals surface area contributed by atoms with Crippen LogP contribution >= 0.6 is 27.3 Å². The van der Waals surface area contributed by atoms with Gasteiger partial charge in [-0.15, -0.1) is 11.3 Å². The maximum absolute atomic E-state index is 5.10. The lowest BCUT2D eigenvalue weighted by atomic mass is 10.4. The van der Waals surface area contributed by atoms with E-state index in [9.17, 15) is 0 Å². The van der Waals surface area contributed by atoms with Gasteiger partial charge < -0.3 is 4.74 Å². The van der Waals surface area contributed by atoms with Gasteiger partial charge in [-0.3, -0.25) is 4.84 Å². The SMILES string of the molecule is COCCONCc1csc(Br)c1. The number of methoxy groups -OCH3 is 1. The predicted molar refractivity (Wildman–Crippen MR) is 56.7 cm³/mol. The smallest absolute Gasteiger partial charge is 0.0916 e. The van der Waals surface area contributed by atoms with Crippen LogP contribution in [-0.2, 0) is 16.1 Å². The minimum absolute atomic E-state index is 0.571. The minimum atomic E-state index is 0.571. The Labute approximate surface area is 90.1 Å². The fourth-order valence-corrected chi connectivity index (χ4v) is 1.98. The molecular formula is C8H12BrNO2S. The molecule has 0 aliphatic heterocycles. The number of hydrogen-bond acceptors (Lipinski definition) is 4. The molecule has 1 aromatic heterocycles. The van der Waals surface area contributed by atoms with E-state index in [0.29, 0.717) is 13.2 Å². The normalized spacial score (nSPS) is 10.6. The lowest BCUT2D eigenvalue weighted by molar-refractivity contribution is 0.00351. The molecule has 0 atom stereocenters. The molecule has 0 aliphatic carbocycles. The first-order chi connectivity index (χ1) is 6.33. The summed E-state index contributed by atoms with van der Waals surface area (Å²) in [6, 6.07) is 2.07. The van der Waals surface area contributed by atoms with Crippen molar-refractivity contribution in [2.45, 2.75) is 6.54 Å². The molecule has 74 valence electrons. The summed E-state index contributed by atoms with van der Waals surface area (Å²) in [5.41, 5.74) is 4.07. The molecule has 0 saturated heterocycles. The Balaban J connectivity index is 2.06. The van der Waals surface area contributed by atoms with E-state index >= 15 is 0 Å².